The second kappa shape index (κ2) is 8.84. The number of hydrogen-bond acceptors (Lipinski definition) is 6. The van der Waals surface area contributed by atoms with E-state index in [1.54, 1.807) is 6.07 Å². The minimum absolute atomic E-state index is 0.0718. The highest BCUT2D eigenvalue weighted by Gasteiger charge is 2.26. The summed E-state index contributed by atoms with van der Waals surface area (Å²) in [6.07, 6.45) is 3.00. The number of unbranched alkanes of at least 4 members (excludes halogenated alkanes) is 1. The first kappa shape index (κ1) is 22.4. The molecule has 8 nitrogen and oxygen atoms in total. The molecule has 0 bridgehead atoms. The van der Waals surface area contributed by atoms with Gasteiger partial charge in [0.05, 0.1) is 17.2 Å². The third-order valence-electron chi connectivity index (χ3n) is 4.86. The molecular formula is C21H22FN3O5S. The Kier molecular flexibility index (Phi) is 6.40. The molecule has 1 aromatic carbocycles. The van der Waals surface area contributed by atoms with E-state index >= 15 is 0 Å². The molecule has 0 unspecified atom stereocenters. The van der Waals surface area contributed by atoms with Gasteiger partial charge in [-0.25, -0.2) is 12.8 Å². The first-order valence-corrected chi connectivity index (χ1v) is 11.3. The summed E-state index contributed by atoms with van der Waals surface area (Å²) < 4.78 is 44.5. The third kappa shape index (κ3) is 4.58. The number of carbonyl (C=O) groups excluding carboxylic acids is 2. The zero-order chi connectivity index (χ0) is 22.8. The minimum Gasteiger partial charge on any atom is -0.437 e. The molecule has 0 atom stereocenters. The maximum Gasteiger partial charge on any atom is 0.255 e. The van der Waals surface area contributed by atoms with Crippen LogP contribution in [0.4, 0.5) is 10.2 Å². The Morgan fingerprint density at radius 2 is 1.97 bits per heavy atom. The Morgan fingerprint density at radius 3 is 2.55 bits per heavy atom. The van der Waals surface area contributed by atoms with Gasteiger partial charge in [-0.1, -0.05) is 0 Å². The van der Waals surface area contributed by atoms with Gasteiger partial charge in [-0.15, -0.1) is 0 Å². The van der Waals surface area contributed by atoms with Crippen LogP contribution in [0.3, 0.4) is 0 Å². The Balaban J connectivity index is 2.29. The van der Waals surface area contributed by atoms with Gasteiger partial charge < -0.3 is 14.5 Å². The van der Waals surface area contributed by atoms with Crippen LogP contribution in [-0.2, 0) is 21.2 Å². The van der Waals surface area contributed by atoms with Crippen LogP contribution in [0.15, 0.2) is 34.7 Å². The molecule has 2 heterocycles. The topological polar surface area (TPSA) is 110 Å². The Morgan fingerprint density at radius 1 is 1.29 bits per heavy atom. The molecule has 0 aliphatic carbocycles. The van der Waals surface area contributed by atoms with E-state index in [9.17, 15) is 22.4 Å². The van der Waals surface area contributed by atoms with Crippen LogP contribution < -0.4 is 9.62 Å². The van der Waals surface area contributed by atoms with E-state index < -0.39 is 21.7 Å². The number of aryl methyl sites for hydroxylation is 1. The number of anilines is 1. The molecule has 0 spiro atoms. The van der Waals surface area contributed by atoms with Gasteiger partial charge >= 0.3 is 0 Å². The van der Waals surface area contributed by atoms with E-state index in [0.717, 1.165) is 16.8 Å². The summed E-state index contributed by atoms with van der Waals surface area (Å²) in [5.41, 5.74) is 1.31. The summed E-state index contributed by atoms with van der Waals surface area (Å²) >= 11 is 0. The number of nitrogens with zero attached hydrogens (tertiary/aromatic N) is 2. The van der Waals surface area contributed by atoms with Gasteiger partial charge in [-0.2, -0.15) is 4.98 Å². The number of furan rings is 1. The van der Waals surface area contributed by atoms with Crippen molar-refractivity contribution in [3.8, 4) is 11.3 Å². The average Bonchev–Trinajstić information content (AvgIpc) is 3.10. The van der Waals surface area contributed by atoms with Crippen molar-refractivity contribution in [1.29, 1.82) is 0 Å². The number of pyridine rings is 1. The van der Waals surface area contributed by atoms with Gasteiger partial charge in [0.15, 0.2) is 0 Å². The number of benzene rings is 1. The maximum atomic E-state index is 13.4. The van der Waals surface area contributed by atoms with E-state index in [1.165, 1.54) is 38.4 Å². The van der Waals surface area contributed by atoms with Crippen molar-refractivity contribution in [3.63, 3.8) is 0 Å². The fourth-order valence-corrected chi connectivity index (χ4v) is 3.67. The summed E-state index contributed by atoms with van der Waals surface area (Å²) in [4.78, 5) is 27.8. The summed E-state index contributed by atoms with van der Waals surface area (Å²) in [6.45, 7) is 0. The van der Waals surface area contributed by atoms with Crippen LogP contribution in [0, 0.1) is 5.82 Å². The van der Waals surface area contributed by atoms with Crippen LogP contribution in [0.5, 0.6) is 0 Å². The van der Waals surface area contributed by atoms with Gasteiger partial charge in [0.25, 0.3) is 5.91 Å². The van der Waals surface area contributed by atoms with Crippen molar-refractivity contribution in [2.24, 2.45) is 0 Å². The Hall–Kier alpha value is -3.27. The second-order valence-electron chi connectivity index (χ2n) is 7.01. The van der Waals surface area contributed by atoms with Gasteiger partial charge in [0.2, 0.25) is 15.7 Å². The molecule has 0 saturated carbocycles. The monoisotopic (exact) mass is 447 g/mol. The molecule has 1 N–H and O–H groups in total. The fourth-order valence-electron chi connectivity index (χ4n) is 3.20. The molecule has 3 rings (SSSR count). The molecule has 164 valence electrons. The normalized spacial score (nSPS) is 11.5. The van der Waals surface area contributed by atoms with Gasteiger partial charge in [0, 0.05) is 26.1 Å². The van der Waals surface area contributed by atoms with Crippen molar-refractivity contribution in [1.82, 2.24) is 10.3 Å². The number of sulfonamides is 1. The number of carbonyl (C=O) groups is 2. The maximum absolute atomic E-state index is 13.4. The summed E-state index contributed by atoms with van der Waals surface area (Å²) in [5, 5.41) is 2.95. The van der Waals surface area contributed by atoms with E-state index in [-0.39, 0.29) is 22.9 Å². The molecule has 0 aliphatic heterocycles. The van der Waals surface area contributed by atoms with Crippen LogP contribution in [0.1, 0.15) is 28.8 Å². The summed E-state index contributed by atoms with van der Waals surface area (Å²) in [6, 6.07) is 7.11. The Bertz CT molecular complexity index is 1240. The van der Waals surface area contributed by atoms with Crippen molar-refractivity contribution in [3.05, 3.63) is 47.3 Å². The molecule has 1 amide bonds. The first-order valence-electron chi connectivity index (χ1n) is 9.49. The number of hydrogen-bond donors (Lipinski definition) is 1. The number of fused-ring (bicyclic) bond motifs is 1. The van der Waals surface area contributed by atoms with E-state index in [2.05, 4.69) is 10.3 Å². The molecule has 0 saturated heterocycles. The smallest absolute Gasteiger partial charge is 0.255 e. The van der Waals surface area contributed by atoms with Crippen LogP contribution in [-0.4, -0.2) is 45.9 Å². The van der Waals surface area contributed by atoms with E-state index in [0.29, 0.717) is 35.8 Å². The van der Waals surface area contributed by atoms with Crippen molar-refractivity contribution in [2.45, 2.75) is 19.3 Å². The highest BCUT2D eigenvalue weighted by atomic mass is 32.2. The van der Waals surface area contributed by atoms with E-state index in [1.807, 2.05) is 0 Å². The summed E-state index contributed by atoms with van der Waals surface area (Å²) in [5.74, 6) is -0.513. The number of halogens is 1. The standard InChI is InChI=1S/C21H22FN3O5S/c1-23-20(27)17-16-12-14(6-4-5-11-26)19(25(2)31(3,28)29)24-21(16)30-18(17)13-7-9-15(22)10-8-13/h7-12H,4-6H2,1-3H3,(H,23,27). The quantitative estimate of drug-likeness (QED) is 0.420. The highest BCUT2D eigenvalue weighted by Crippen LogP contribution is 2.36. The molecule has 0 fully saturated rings. The molecule has 31 heavy (non-hydrogen) atoms. The summed E-state index contributed by atoms with van der Waals surface area (Å²) in [7, 11) is -0.777. The van der Waals surface area contributed by atoms with E-state index in [4.69, 9.17) is 4.42 Å². The predicted octanol–water partition coefficient (Wildman–Crippen LogP) is 2.91. The van der Waals surface area contributed by atoms with Crippen molar-refractivity contribution >= 4 is 39.1 Å². The van der Waals surface area contributed by atoms with Gasteiger partial charge in [-0.3, -0.25) is 9.10 Å². The zero-order valence-electron chi connectivity index (χ0n) is 17.3. The van der Waals surface area contributed by atoms with Crippen molar-refractivity contribution in [2.75, 3.05) is 24.7 Å². The SMILES string of the molecule is CNC(=O)c1c(-c2ccc(F)cc2)oc2nc(N(C)S(C)(=O)=O)c(CCCC=O)cc12. The van der Waals surface area contributed by atoms with Crippen LogP contribution >= 0.6 is 0 Å². The lowest BCUT2D eigenvalue weighted by atomic mass is 10.0. The molecule has 10 heteroatoms. The molecule has 0 aliphatic rings. The number of amides is 1. The number of aldehydes is 1. The third-order valence-corrected chi connectivity index (χ3v) is 6.03. The number of rotatable bonds is 8. The number of aromatic nitrogens is 1. The molecule has 2 aromatic heterocycles. The average molecular weight is 447 g/mol. The lowest BCUT2D eigenvalue weighted by molar-refractivity contribution is -0.107. The predicted molar refractivity (Wildman–Crippen MR) is 115 cm³/mol. The molecule has 3 aromatic rings. The fraction of sp³-hybridized carbons (Fsp3) is 0.286. The second-order valence-corrected chi connectivity index (χ2v) is 9.02. The zero-order valence-corrected chi connectivity index (χ0v) is 18.1. The van der Waals surface area contributed by atoms with Crippen LogP contribution in [0.25, 0.3) is 22.4 Å². The minimum atomic E-state index is -3.62. The lowest BCUT2D eigenvalue weighted by Crippen LogP contribution is -2.27. The first-order chi connectivity index (χ1) is 14.7. The van der Waals surface area contributed by atoms with Gasteiger partial charge in [0.1, 0.15) is 23.7 Å². The molecule has 0 radical (unpaired) electrons. The van der Waals surface area contributed by atoms with Crippen LogP contribution in [0.2, 0.25) is 0 Å². The number of nitrogens with one attached hydrogen (secondary N) is 1. The van der Waals surface area contributed by atoms with Crippen molar-refractivity contribution < 1.29 is 26.8 Å². The lowest BCUT2D eigenvalue weighted by Gasteiger charge is -2.19. The largest absolute Gasteiger partial charge is 0.437 e. The molecular weight excluding hydrogens is 425 g/mol. The highest BCUT2D eigenvalue weighted by molar-refractivity contribution is 7.92. The van der Waals surface area contributed by atoms with Gasteiger partial charge in [-0.05, 0) is 48.7 Å². The Labute approximate surface area is 179 Å².